The Morgan fingerprint density at radius 2 is 1.38 bits per heavy atom. The van der Waals surface area contributed by atoms with Gasteiger partial charge in [-0.2, -0.15) is 0 Å². The van der Waals surface area contributed by atoms with Crippen LogP contribution < -0.4 is 14.8 Å². The third-order valence-corrected chi connectivity index (χ3v) is 9.54. The third-order valence-electron chi connectivity index (χ3n) is 7.66. The third kappa shape index (κ3) is 8.70. The highest BCUT2D eigenvalue weighted by Crippen LogP contribution is 2.30. The Kier molecular flexibility index (Phi) is 10.4. The second-order valence-electron chi connectivity index (χ2n) is 12.3. The number of amides is 1. The minimum Gasteiger partial charge on any atom is -0.481 e. The van der Waals surface area contributed by atoms with Crippen molar-refractivity contribution in [2.45, 2.75) is 43.5 Å². The van der Waals surface area contributed by atoms with Crippen molar-refractivity contribution < 1.29 is 27.9 Å². The number of nitrogens with one attached hydrogen (secondary N) is 2. The molecular formula is C38H35BrN2O6S. The Morgan fingerprint density at radius 1 is 0.792 bits per heavy atom. The predicted molar refractivity (Wildman–Crippen MR) is 191 cm³/mol. The summed E-state index contributed by atoms with van der Waals surface area (Å²) in [6.45, 7) is 6.11. The van der Waals surface area contributed by atoms with Crippen LogP contribution in [0.15, 0.2) is 131 Å². The van der Waals surface area contributed by atoms with E-state index in [1.165, 1.54) is 24.3 Å². The van der Waals surface area contributed by atoms with Crippen LogP contribution in [0, 0.1) is 0 Å². The molecule has 0 bridgehead atoms. The number of para-hydroxylation sites is 1. The lowest BCUT2D eigenvalue weighted by Gasteiger charge is -2.20. The summed E-state index contributed by atoms with van der Waals surface area (Å²) in [5.74, 6) is -0.313. The maximum absolute atomic E-state index is 13.6. The quantitative estimate of drug-likeness (QED) is 0.125. The normalized spacial score (nSPS) is 12.2. The van der Waals surface area contributed by atoms with Gasteiger partial charge in [0.15, 0.2) is 0 Å². The molecule has 0 radical (unpaired) electrons. The second kappa shape index (κ2) is 14.5. The Balaban J connectivity index is 1.34. The van der Waals surface area contributed by atoms with Crippen LogP contribution in [0.3, 0.4) is 0 Å². The fourth-order valence-electron chi connectivity index (χ4n) is 5.04. The molecule has 246 valence electrons. The maximum Gasteiger partial charge on any atom is 0.305 e. The van der Waals surface area contributed by atoms with Crippen LogP contribution in [-0.4, -0.2) is 25.4 Å². The fraction of sp³-hybridized carbons (Fsp3) is 0.158. The molecule has 0 aliphatic heterocycles. The number of sulfonamides is 1. The molecule has 1 unspecified atom stereocenters. The smallest absolute Gasteiger partial charge is 0.305 e. The van der Waals surface area contributed by atoms with Crippen molar-refractivity contribution in [3.8, 4) is 22.6 Å². The molecule has 0 saturated heterocycles. The molecule has 1 atom stereocenters. The number of aliphatic carboxylic acids is 1. The van der Waals surface area contributed by atoms with E-state index >= 15 is 0 Å². The van der Waals surface area contributed by atoms with Crippen LogP contribution in [0.5, 0.6) is 11.5 Å². The number of rotatable bonds is 11. The fourth-order valence-corrected chi connectivity index (χ4v) is 6.48. The monoisotopic (exact) mass is 726 g/mol. The molecule has 5 aromatic rings. The molecule has 0 fully saturated rings. The molecule has 0 heterocycles. The Hall–Kier alpha value is -4.93. The first kappa shape index (κ1) is 34.4. The van der Waals surface area contributed by atoms with Gasteiger partial charge in [-0.05, 0) is 82.3 Å². The number of carbonyl (C=O) groups excluding carboxylic acids is 1. The molecule has 48 heavy (non-hydrogen) atoms. The van der Waals surface area contributed by atoms with E-state index in [0.717, 1.165) is 22.4 Å². The van der Waals surface area contributed by atoms with Gasteiger partial charge in [-0.25, -0.2) is 8.42 Å². The molecule has 10 heteroatoms. The average molecular weight is 728 g/mol. The Labute approximate surface area is 289 Å². The maximum atomic E-state index is 13.6. The molecule has 0 spiro atoms. The van der Waals surface area contributed by atoms with Crippen molar-refractivity contribution in [2.24, 2.45) is 0 Å². The van der Waals surface area contributed by atoms with E-state index in [4.69, 9.17) is 4.74 Å². The van der Waals surface area contributed by atoms with Crippen LogP contribution in [0.2, 0.25) is 0 Å². The summed E-state index contributed by atoms with van der Waals surface area (Å²) in [6, 6.07) is 34.6. The van der Waals surface area contributed by atoms with E-state index in [-0.39, 0.29) is 28.0 Å². The topological polar surface area (TPSA) is 122 Å². The molecule has 5 rings (SSSR count). The summed E-state index contributed by atoms with van der Waals surface area (Å²) in [7, 11) is -4.04. The average Bonchev–Trinajstić information content (AvgIpc) is 3.05. The highest BCUT2D eigenvalue weighted by molar-refractivity contribution is 9.10. The van der Waals surface area contributed by atoms with Gasteiger partial charge in [-0.15, -0.1) is 0 Å². The minimum absolute atomic E-state index is 0.0316. The van der Waals surface area contributed by atoms with Crippen LogP contribution in [0.1, 0.15) is 54.7 Å². The SMILES string of the molecule is CC(C)(C)c1ccc(S(=O)(=O)Nc2ccc(Br)cc2C(=O)NC(CC(=O)O)c2ccc(-c3ccc(Oc4ccccc4)cc3)cc2)cc1. The van der Waals surface area contributed by atoms with Gasteiger partial charge in [0.2, 0.25) is 0 Å². The first-order valence-electron chi connectivity index (χ1n) is 15.2. The number of carboxylic acid groups (broad SMARTS) is 1. The highest BCUT2D eigenvalue weighted by atomic mass is 79.9. The van der Waals surface area contributed by atoms with Crippen molar-refractivity contribution in [1.29, 1.82) is 0 Å². The zero-order chi connectivity index (χ0) is 34.5. The summed E-state index contributed by atoms with van der Waals surface area (Å²) >= 11 is 3.36. The zero-order valence-corrected chi connectivity index (χ0v) is 29.0. The van der Waals surface area contributed by atoms with E-state index in [1.54, 1.807) is 30.3 Å². The summed E-state index contributed by atoms with van der Waals surface area (Å²) < 4.78 is 35.6. The van der Waals surface area contributed by atoms with Gasteiger partial charge in [-0.3, -0.25) is 14.3 Å². The van der Waals surface area contributed by atoms with E-state index in [9.17, 15) is 23.1 Å². The van der Waals surface area contributed by atoms with Crippen LogP contribution >= 0.6 is 15.9 Å². The largest absolute Gasteiger partial charge is 0.481 e. The molecule has 3 N–H and O–H groups in total. The summed E-state index contributed by atoms with van der Waals surface area (Å²) in [5, 5.41) is 12.5. The van der Waals surface area contributed by atoms with Crippen molar-refractivity contribution in [2.75, 3.05) is 4.72 Å². The number of carbonyl (C=O) groups is 2. The first-order valence-corrected chi connectivity index (χ1v) is 17.4. The van der Waals surface area contributed by atoms with Crippen molar-refractivity contribution in [1.82, 2.24) is 5.32 Å². The van der Waals surface area contributed by atoms with Gasteiger partial charge in [0.25, 0.3) is 15.9 Å². The standard InChI is InChI=1S/C38H35BrN2O6S/c1-38(2,3)28-15-20-32(21-16-28)48(45,46)41-34-22-17-29(39)23-33(34)37(44)40-35(24-36(42)43)27-11-9-25(10-12-27)26-13-18-31(19-14-26)47-30-7-5-4-6-8-30/h4-23,35,41H,24H2,1-3H3,(H,40,44)(H,42,43). The van der Waals surface area contributed by atoms with Gasteiger partial charge in [0.05, 0.1) is 28.6 Å². The lowest BCUT2D eigenvalue weighted by Crippen LogP contribution is -2.31. The number of ether oxygens (including phenoxy) is 1. The van der Waals surface area contributed by atoms with E-state index < -0.39 is 27.9 Å². The predicted octanol–water partition coefficient (Wildman–Crippen LogP) is 8.95. The van der Waals surface area contributed by atoms with E-state index in [0.29, 0.717) is 15.8 Å². The Morgan fingerprint density at radius 3 is 1.96 bits per heavy atom. The first-order chi connectivity index (χ1) is 22.8. The van der Waals surface area contributed by atoms with Gasteiger partial charge in [0, 0.05) is 4.47 Å². The lowest BCUT2D eigenvalue weighted by atomic mass is 9.87. The summed E-state index contributed by atoms with van der Waals surface area (Å²) in [6.07, 6.45) is -0.383. The van der Waals surface area contributed by atoms with Crippen molar-refractivity contribution in [3.63, 3.8) is 0 Å². The minimum atomic E-state index is -4.04. The molecule has 0 saturated carbocycles. The number of hydrogen-bond acceptors (Lipinski definition) is 5. The molecule has 0 aliphatic carbocycles. The molecule has 8 nitrogen and oxygen atoms in total. The zero-order valence-electron chi connectivity index (χ0n) is 26.6. The van der Waals surface area contributed by atoms with Gasteiger partial charge in [0.1, 0.15) is 11.5 Å². The molecule has 1 amide bonds. The Bertz CT molecular complexity index is 2010. The second-order valence-corrected chi connectivity index (χ2v) is 14.9. The van der Waals surface area contributed by atoms with E-state index in [2.05, 4.69) is 26.0 Å². The van der Waals surface area contributed by atoms with Crippen LogP contribution in [0.25, 0.3) is 11.1 Å². The number of carboxylic acids is 1. The molecule has 0 aliphatic rings. The molecular weight excluding hydrogens is 692 g/mol. The molecule has 5 aromatic carbocycles. The highest BCUT2D eigenvalue weighted by Gasteiger charge is 2.24. The number of hydrogen-bond donors (Lipinski definition) is 3. The van der Waals surface area contributed by atoms with Gasteiger partial charge in [-0.1, -0.05) is 103 Å². The summed E-state index contributed by atoms with van der Waals surface area (Å²) in [5.41, 5.74) is 3.32. The number of anilines is 1. The molecule has 0 aromatic heterocycles. The van der Waals surface area contributed by atoms with Crippen LogP contribution in [0.4, 0.5) is 5.69 Å². The van der Waals surface area contributed by atoms with Gasteiger partial charge >= 0.3 is 5.97 Å². The lowest BCUT2D eigenvalue weighted by molar-refractivity contribution is -0.137. The van der Waals surface area contributed by atoms with E-state index in [1.807, 2.05) is 87.5 Å². The number of benzene rings is 5. The van der Waals surface area contributed by atoms with Crippen molar-refractivity contribution in [3.05, 3.63) is 142 Å². The van der Waals surface area contributed by atoms with Crippen LogP contribution in [-0.2, 0) is 20.2 Å². The number of halogens is 1. The van der Waals surface area contributed by atoms with Gasteiger partial charge < -0.3 is 15.2 Å². The summed E-state index contributed by atoms with van der Waals surface area (Å²) in [4.78, 5) is 25.5. The van der Waals surface area contributed by atoms with Crippen molar-refractivity contribution >= 4 is 43.5 Å².